The second-order valence-corrected chi connectivity index (χ2v) is 9.03. The smallest absolute Gasteiger partial charge is 0.165 e. The van der Waals surface area contributed by atoms with Crippen LogP contribution < -0.4 is 4.74 Å². The summed E-state index contributed by atoms with van der Waals surface area (Å²) < 4.78 is 60.3. The number of halogens is 3. The summed E-state index contributed by atoms with van der Waals surface area (Å²) in [5.41, 5.74) is 2.63. The van der Waals surface area contributed by atoms with Crippen LogP contribution in [0.25, 0.3) is 11.1 Å². The molecule has 3 aromatic rings. The van der Waals surface area contributed by atoms with Crippen LogP contribution in [0.5, 0.6) is 5.75 Å². The Hall–Kier alpha value is -2.83. The van der Waals surface area contributed by atoms with Crippen molar-refractivity contribution < 1.29 is 27.4 Å². The maximum Gasteiger partial charge on any atom is 0.165 e. The standard InChI is InChI=1S/C28H27F3O3/c1-32-21-8-2-18(3-9-21)24-13-7-20(27(30)28(24)31)15-33-22-10-4-17(5-11-22)23-12-6-19(14-25(23)29)26-16-34-26/h4-7,10-14,18,21,26H,2-3,8-9,15-16H2,1H3. The van der Waals surface area contributed by atoms with Crippen molar-refractivity contribution in [2.75, 3.05) is 13.7 Å². The third-order valence-corrected chi connectivity index (χ3v) is 6.90. The summed E-state index contributed by atoms with van der Waals surface area (Å²) >= 11 is 0. The fourth-order valence-electron chi connectivity index (χ4n) is 4.74. The highest BCUT2D eigenvalue weighted by molar-refractivity contribution is 5.65. The van der Waals surface area contributed by atoms with Gasteiger partial charge in [0, 0.05) is 18.2 Å². The molecule has 0 aromatic heterocycles. The Kier molecular flexibility index (Phi) is 6.61. The van der Waals surface area contributed by atoms with Gasteiger partial charge in [-0.25, -0.2) is 13.2 Å². The molecule has 6 heteroatoms. The molecule has 2 aliphatic rings. The minimum atomic E-state index is -0.857. The van der Waals surface area contributed by atoms with Crippen molar-refractivity contribution in [1.82, 2.24) is 0 Å². The van der Waals surface area contributed by atoms with Crippen molar-refractivity contribution in [3.05, 3.63) is 88.7 Å². The van der Waals surface area contributed by atoms with Crippen LogP contribution in [0, 0.1) is 17.5 Å². The average Bonchev–Trinajstić information content (AvgIpc) is 3.71. The van der Waals surface area contributed by atoms with E-state index in [4.69, 9.17) is 14.2 Å². The van der Waals surface area contributed by atoms with Crippen LogP contribution in [0.2, 0.25) is 0 Å². The maximum atomic E-state index is 14.8. The first-order chi connectivity index (χ1) is 16.5. The normalized spacial score (nSPS) is 21.9. The zero-order valence-electron chi connectivity index (χ0n) is 19.0. The number of methoxy groups -OCH3 is 1. The van der Waals surface area contributed by atoms with E-state index >= 15 is 0 Å². The number of benzene rings is 3. The van der Waals surface area contributed by atoms with Gasteiger partial charge in [0.15, 0.2) is 11.6 Å². The fourth-order valence-corrected chi connectivity index (χ4v) is 4.74. The highest BCUT2D eigenvalue weighted by Gasteiger charge is 2.27. The number of rotatable bonds is 7. The summed E-state index contributed by atoms with van der Waals surface area (Å²) in [5.74, 6) is -1.45. The molecule has 1 unspecified atom stereocenters. The number of epoxide rings is 1. The summed E-state index contributed by atoms with van der Waals surface area (Å²) in [6.07, 6.45) is 3.49. The zero-order valence-corrected chi connectivity index (χ0v) is 19.0. The first-order valence-corrected chi connectivity index (χ1v) is 11.7. The van der Waals surface area contributed by atoms with Crippen LogP contribution in [0.15, 0.2) is 54.6 Å². The Morgan fingerprint density at radius 3 is 2.26 bits per heavy atom. The molecule has 0 N–H and O–H groups in total. The topological polar surface area (TPSA) is 31.0 Å². The second-order valence-electron chi connectivity index (χ2n) is 9.03. The van der Waals surface area contributed by atoms with E-state index in [0.29, 0.717) is 29.0 Å². The second kappa shape index (κ2) is 9.80. The van der Waals surface area contributed by atoms with E-state index in [9.17, 15) is 13.2 Å². The molecule has 0 bridgehead atoms. The summed E-state index contributed by atoms with van der Waals surface area (Å²) in [7, 11) is 1.69. The lowest BCUT2D eigenvalue weighted by Crippen LogP contribution is -2.20. The van der Waals surface area contributed by atoms with Gasteiger partial charge in [-0.3, -0.25) is 0 Å². The van der Waals surface area contributed by atoms with E-state index in [1.165, 1.54) is 6.07 Å². The molecule has 1 atom stereocenters. The SMILES string of the molecule is COC1CCC(c2ccc(COc3ccc(-c4ccc(C5CO5)cc4F)cc3)c(F)c2F)CC1. The van der Waals surface area contributed by atoms with Gasteiger partial charge in [-0.1, -0.05) is 36.4 Å². The quantitative estimate of drug-likeness (QED) is 0.347. The predicted octanol–water partition coefficient (Wildman–Crippen LogP) is 7.09. The Labute approximate surface area is 197 Å². The molecule has 5 rings (SSSR count). The van der Waals surface area contributed by atoms with E-state index in [0.717, 1.165) is 31.2 Å². The highest BCUT2D eigenvalue weighted by Crippen LogP contribution is 2.37. The summed E-state index contributed by atoms with van der Waals surface area (Å²) in [5, 5.41) is 0. The van der Waals surface area contributed by atoms with E-state index in [2.05, 4.69) is 0 Å². The lowest BCUT2D eigenvalue weighted by atomic mass is 9.82. The van der Waals surface area contributed by atoms with Gasteiger partial charge in [0.2, 0.25) is 0 Å². The molecular weight excluding hydrogens is 441 g/mol. The molecule has 1 aliphatic heterocycles. The zero-order chi connectivity index (χ0) is 23.7. The van der Waals surface area contributed by atoms with Gasteiger partial charge in [0.1, 0.15) is 24.3 Å². The Bertz CT molecular complexity index is 1150. The number of ether oxygens (including phenoxy) is 3. The van der Waals surface area contributed by atoms with Crippen molar-refractivity contribution in [1.29, 1.82) is 0 Å². The van der Waals surface area contributed by atoms with Crippen LogP contribution in [-0.2, 0) is 16.1 Å². The number of hydrogen-bond donors (Lipinski definition) is 0. The van der Waals surface area contributed by atoms with Crippen LogP contribution in [0.1, 0.15) is 54.4 Å². The predicted molar refractivity (Wildman–Crippen MR) is 123 cm³/mol. The van der Waals surface area contributed by atoms with Crippen molar-refractivity contribution >= 4 is 0 Å². The van der Waals surface area contributed by atoms with Gasteiger partial charge in [-0.2, -0.15) is 0 Å². The monoisotopic (exact) mass is 468 g/mol. The Morgan fingerprint density at radius 2 is 1.62 bits per heavy atom. The molecule has 0 amide bonds. The largest absolute Gasteiger partial charge is 0.489 e. The molecule has 34 heavy (non-hydrogen) atoms. The molecular formula is C28H27F3O3. The summed E-state index contributed by atoms with van der Waals surface area (Å²) in [6, 6.07) is 15.3. The molecule has 0 spiro atoms. The molecule has 3 nitrogen and oxygen atoms in total. The lowest BCUT2D eigenvalue weighted by molar-refractivity contribution is 0.0655. The van der Waals surface area contributed by atoms with E-state index in [-0.39, 0.29) is 36.1 Å². The minimum Gasteiger partial charge on any atom is -0.489 e. The first kappa shape index (κ1) is 22.9. The van der Waals surface area contributed by atoms with E-state index < -0.39 is 11.6 Å². The van der Waals surface area contributed by atoms with E-state index in [1.54, 1.807) is 49.6 Å². The van der Waals surface area contributed by atoms with Crippen molar-refractivity contribution in [3.63, 3.8) is 0 Å². The minimum absolute atomic E-state index is 0.00399. The van der Waals surface area contributed by atoms with Gasteiger partial charge in [-0.15, -0.1) is 0 Å². The first-order valence-electron chi connectivity index (χ1n) is 11.7. The highest BCUT2D eigenvalue weighted by atomic mass is 19.2. The van der Waals surface area contributed by atoms with Crippen LogP contribution in [0.4, 0.5) is 13.2 Å². The van der Waals surface area contributed by atoms with Crippen LogP contribution in [-0.4, -0.2) is 19.8 Å². The van der Waals surface area contributed by atoms with Gasteiger partial charge in [0.25, 0.3) is 0 Å². The van der Waals surface area contributed by atoms with Crippen molar-refractivity contribution in [2.24, 2.45) is 0 Å². The molecule has 3 aromatic carbocycles. The maximum absolute atomic E-state index is 14.8. The van der Waals surface area contributed by atoms with Crippen molar-refractivity contribution in [2.45, 2.75) is 50.4 Å². The van der Waals surface area contributed by atoms with E-state index in [1.807, 2.05) is 6.07 Å². The Balaban J connectivity index is 1.23. The third-order valence-electron chi connectivity index (χ3n) is 6.90. The van der Waals surface area contributed by atoms with Crippen LogP contribution in [0.3, 0.4) is 0 Å². The van der Waals surface area contributed by atoms with Gasteiger partial charge < -0.3 is 14.2 Å². The van der Waals surface area contributed by atoms with Crippen LogP contribution >= 0.6 is 0 Å². The Morgan fingerprint density at radius 1 is 0.882 bits per heavy atom. The van der Waals surface area contributed by atoms with Gasteiger partial charge in [0.05, 0.1) is 12.7 Å². The fraction of sp³-hybridized carbons (Fsp3) is 0.357. The van der Waals surface area contributed by atoms with Gasteiger partial charge in [-0.05, 0) is 66.5 Å². The lowest BCUT2D eigenvalue weighted by Gasteiger charge is -2.28. The molecule has 1 saturated carbocycles. The van der Waals surface area contributed by atoms with Gasteiger partial charge >= 0.3 is 0 Å². The summed E-state index contributed by atoms with van der Waals surface area (Å²) in [6.45, 7) is 0.538. The average molecular weight is 469 g/mol. The molecule has 1 saturated heterocycles. The molecule has 1 aliphatic carbocycles. The summed E-state index contributed by atoms with van der Waals surface area (Å²) in [4.78, 5) is 0. The van der Waals surface area contributed by atoms with Crippen molar-refractivity contribution in [3.8, 4) is 16.9 Å². The molecule has 1 heterocycles. The molecule has 0 radical (unpaired) electrons. The molecule has 178 valence electrons. The third kappa shape index (κ3) is 4.84. The molecule has 2 fully saturated rings. The number of hydrogen-bond acceptors (Lipinski definition) is 3.